The van der Waals surface area contributed by atoms with Gasteiger partial charge in [-0.05, 0) is 38.1 Å². The number of hydrogen-bond donors (Lipinski definition) is 2. The predicted octanol–water partition coefficient (Wildman–Crippen LogP) is 1.88. The number of carbonyl (C=O) groups is 1. The molecule has 0 saturated heterocycles. The molecule has 112 valence electrons. The van der Waals surface area contributed by atoms with E-state index < -0.39 is 5.54 Å². The molecule has 0 aliphatic rings. The molecule has 0 saturated carbocycles. The number of nitrogens with zero attached hydrogens (tertiary/aromatic N) is 1. The first kappa shape index (κ1) is 16.7. The maximum Gasteiger partial charge on any atom is 0.240 e. The van der Waals surface area contributed by atoms with Crippen LogP contribution in [0.2, 0.25) is 0 Å². The second-order valence-electron chi connectivity index (χ2n) is 5.55. The molecular weight excluding hydrogens is 250 g/mol. The van der Waals surface area contributed by atoms with Crippen molar-refractivity contribution in [3.63, 3.8) is 0 Å². The van der Waals surface area contributed by atoms with Gasteiger partial charge in [-0.2, -0.15) is 0 Å². The van der Waals surface area contributed by atoms with Crippen molar-refractivity contribution in [1.29, 1.82) is 0 Å². The maximum absolute atomic E-state index is 12.2. The molecule has 4 heteroatoms. The third-order valence-electron chi connectivity index (χ3n) is 3.76. The fourth-order valence-electron chi connectivity index (χ4n) is 2.15. The summed E-state index contributed by atoms with van der Waals surface area (Å²) in [4.78, 5) is 14.3. The van der Waals surface area contributed by atoms with Gasteiger partial charge in [-0.25, -0.2) is 0 Å². The highest BCUT2D eigenvalue weighted by Gasteiger charge is 2.29. The van der Waals surface area contributed by atoms with Gasteiger partial charge in [-0.1, -0.05) is 38.1 Å². The van der Waals surface area contributed by atoms with E-state index in [1.54, 1.807) is 0 Å². The predicted molar refractivity (Wildman–Crippen MR) is 83.2 cm³/mol. The van der Waals surface area contributed by atoms with Crippen molar-refractivity contribution in [3.05, 3.63) is 35.4 Å². The molecule has 1 amide bonds. The lowest BCUT2D eigenvalue weighted by Gasteiger charge is -2.25. The first-order valence-corrected chi connectivity index (χ1v) is 7.21. The quantitative estimate of drug-likeness (QED) is 0.800. The number of nitrogens with one attached hydrogen (secondary N) is 1. The van der Waals surface area contributed by atoms with Gasteiger partial charge in [0.25, 0.3) is 0 Å². The van der Waals surface area contributed by atoms with Crippen LogP contribution in [0.4, 0.5) is 0 Å². The molecule has 0 aromatic heterocycles. The lowest BCUT2D eigenvalue weighted by atomic mass is 9.93. The fraction of sp³-hybridized carbons (Fsp3) is 0.562. The Labute approximate surface area is 122 Å². The summed E-state index contributed by atoms with van der Waals surface area (Å²) in [5.41, 5.74) is 7.72. The molecule has 20 heavy (non-hydrogen) atoms. The third-order valence-corrected chi connectivity index (χ3v) is 3.76. The number of nitrogens with two attached hydrogens (primary N) is 1. The van der Waals surface area contributed by atoms with Gasteiger partial charge < -0.3 is 16.0 Å². The molecule has 0 radical (unpaired) electrons. The molecule has 1 aromatic rings. The Morgan fingerprint density at radius 2 is 1.75 bits per heavy atom. The summed E-state index contributed by atoms with van der Waals surface area (Å²) < 4.78 is 0. The van der Waals surface area contributed by atoms with Crippen LogP contribution in [-0.4, -0.2) is 30.4 Å². The van der Waals surface area contributed by atoms with Crippen molar-refractivity contribution in [2.24, 2.45) is 5.73 Å². The highest BCUT2D eigenvalue weighted by Crippen LogP contribution is 2.13. The van der Waals surface area contributed by atoms with E-state index in [4.69, 9.17) is 5.73 Å². The van der Waals surface area contributed by atoms with Gasteiger partial charge >= 0.3 is 0 Å². The van der Waals surface area contributed by atoms with Crippen molar-refractivity contribution in [1.82, 2.24) is 10.2 Å². The van der Waals surface area contributed by atoms with Crippen LogP contribution in [0.15, 0.2) is 24.3 Å². The third kappa shape index (κ3) is 4.32. The average molecular weight is 277 g/mol. The highest BCUT2D eigenvalue weighted by molar-refractivity contribution is 5.85. The van der Waals surface area contributed by atoms with Crippen LogP contribution < -0.4 is 11.1 Å². The summed E-state index contributed by atoms with van der Waals surface area (Å²) in [6.45, 7) is 5.29. The molecule has 0 aliphatic carbocycles. The van der Waals surface area contributed by atoms with Crippen LogP contribution >= 0.6 is 0 Å². The Morgan fingerprint density at radius 1 is 1.20 bits per heavy atom. The molecule has 1 aromatic carbocycles. The minimum Gasteiger partial charge on any atom is -0.350 e. The highest BCUT2D eigenvalue weighted by atomic mass is 16.2. The number of carbonyl (C=O) groups excluding carboxylic acids is 1. The molecule has 0 fully saturated rings. The van der Waals surface area contributed by atoms with E-state index in [0.29, 0.717) is 19.4 Å². The van der Waals surface area contributed by atoms with E-state index in [-0.39, 0.29) is 5.91 Å². The Hall–Kier alpha value is -1.39. The molecule has 3 N–H and O–H groups in total. The first-order valence-electron chi connectivity index (χ1n) is 7.21. The van der Waals surface area contributed by atoms with E-state index in [1.165, 1.54) is 5.56 Å². The SMILES string of the molecule is CCC(N)(CC)C(=O)NCc1ccccc1CN(C)C. The summed E-state index contributed by atoms with van der Waals surface area (Å²) in [6, 6.07) is 8.16. The van der Waals surface area contributed by atoms with Gasteiger partial charge in [-0.15, -0.1) is 0 Å². The molecule has 0 atom stereocenters. The van der Waals surface area contributed by atoms with E-state index >= 15 is 0 Å². The molecule has 4 nitrogen and oxygen atoms in total. The van der Waals surface area contributed by atoms with Crippen LogP contribution in [0, 0.1) is 0 Å². The van der Waals surface area contributed by atoms with Gasteiger partial charge in [0.2, 0.25) is 5.91 Å². The van der Waals surface area contributed by atoms with Crippen LogP contribution in [0.5, 0.6) is 0 Å². The Balaban J connectivity index is 2.73. The van der Waals surface area contributed by atoms with Gasteiger partial charge in [-0.3, -0.25) is 4.79 Å². The number of amides is 1. The summed E-state index contributed by atoms with van der Waals surface area (Å²) in [6.07, 6.45) is 1.29. The zero-order valence-electron chi connectivity index (χ0n) is 13.1. The molecular formula is C16H27N3O. The van der Waals surface area contributed by atoms with E-state index in [1.807, 2.05) is 40.1 Å². The van der Waals surface area contributed by atoms with Gasteiger partial charge in [0.15, 0.2) is 0 Å². The lowest BCUT2D eigenvalue weighted by molar-refractivity contribution is -0.126. The van der Waals surface area contributed by atoms with Gasteiger partial charge in [0, 0.05) is 13.1 Å². The smallest absolute Gasteiger partial charge is 0.240 e. The Kier molecular flexibility index (Phi) is 6.17. The standard InChI is InChI=1S/C16H27N3O/c1-5-16(17,6-2)15(20)18-11-13-9-7-8-10-14(13)12-19(3)4/h7-10H,5-6,11-12,17H2,1-4H3,(H,18,20). The van der Waals surface area contributed by atoms with Crippen molar-refractivity contribution < 1.29 is 4.79 Å². The summed E-state index contributed by atoms with van der Waals surface area (Å²) in [5.74, 6) is -0.0674. The van der Waals surface area contributed by atoms with E-state index in [9.17, 15) is 4.79 Å². The van der Waals surface area contributed by atoms with Gasteiger partial charge in [0.05, 0.1) is 5.54 Å². The Morgan fingerprint density at radius 3 is 2.25 bits per heavy atom. The topological polar surface area (TPSA) is 58.4 Å². The summed E-state index contributed by atoms with van der Waals surface area (Å²) >= 11 is 0. The van der Waals surface area contributed by atoms with Crippen LogP contribution in [0.25, 0.3) is 0 Å². The zero-order valence-corrected chi connectivity index (χ0v) is 13.1. The monoisotopic (exact) mass is 277 g/mol. The Bertz CT molecular complexity index is 439. The second kappa shape index (κ2) is 7.41. The van der Waals surface area contributed by atoms with Crippen molar-refractivity contribution in [2.75, 3.05) is 14.1 Å². The van der Waals surface area contributed by atoms with Gasteiger partial charge in [0.1, 0.15) is 0 Å². The average Bonchev–Trinajstić information content (AvgIpc) is 2.44. The molecule has 1 rings (SSSR count). The molecule has 0 unspecified atom stereocenters. The fourth-order valence-corrected chi connectivity index (χ4v) is 2.15. The van der Waals surface area contributed by atoms with E-state index in [0.717, 1.165) is 12.1 Å². The molecule has 0 spiro atoms. The second-order valence-corrected chi connectivity index (χ2v) is 5.55. The van der Waals surface area contributed by atoms with Crippen molar-refractivity contribution >= 4 is 5.91 Å². The van der Waals surface area contributed by atoms with Crippen molar-refractivity contribution in [3.8, 4) is 0 Å². The molecule has 0 aliphatic heterocycles. The van der Waals surface area contributed by atoms with Crippen LogP contribution in [-0.2, 0) is 17.9 Å². The summed E-state index contributed by atoms with van der Waals surface area (Å²) in [5, 5.41) is 2.97. The zero-order chi connectivity index (χ0) is 15.2. The van der Waals surface area contributed by atoms with Crippen molar-refractivity contribution in [2.45, 2.75) is 45.3 Å². The molecule has 0 heterocycles. The lowest BCUT2D eigenvalue weighted by Crippen LogP contribution is -2.52. The van der Waals surface area contributed by atoms with E-state index in [2.05, 4.69) is 22.3 Å². The van der Waals surface area contributed by atoms with Crippen LogP contribution in [0.3, 0.4) is 0 Å². The number of hydrogen-bond acceptors (Lipinski definition) is 3. The number of benzene rings is 1. The normalized spacial score (nSPS) is 11.7. The number of rotatable bonds is 7. The largest absolute Gasteiger partial charge is 0.350 e. The molecule has 0 bridgehead atoms. The summed E-state index contributed by atoms with van der Waals surface area (Å²) in [7, 11) is 4.07. The minimum absolute atomic E-state index is 0.0674. The minimum atomic E-state index is -0.753. The first-order chi connectivity index (χ1) is 9.42. The van der Waals surface area contributed by atoms with Crippen LogP contribution in [0.1, 0.15) is 37.8 Å². The maximum atomic E-state index is 12.2.